The number of amides is 1. The zero-order chi connectivity index (χ0) is 23.4. The first kappa shape index (κ1) is 22.8. The van der Waals surface area contributed by atoms with E-state index in [9.17, 15) is 4.79 Å². The predicted octanol–water partition coefficient (Wildman–Crippen LogP) is 5.92. The van der Waals surface area contributed by atoms with Crippen molar-refractivity contribution in [2.24, 2.45) is 0 Å². The number of thiocarbonyl (C=S) groups is 1. The lowest BCUT2D eigenvalue weighted by Crippen LogP contribution is -2.32. The van der Waals surface area contributed by atoms with Crippen molar-refractivity contribution in [3.05, 3.63) is 94.6 Å². The smallest absolute Gasteiger partial charge is 0.277 e. The molecule has 5 nitrogen and oxygen atoms in total. The Morgan fingerprint density at radius 2 is 1.67 bits per heavy atom. The van der Waals surface area contributed by atoms with E-state index in [4.69, 9.17) is 33.3 Å². The molecule has 4 rings (SSSR count). The van der Waals surface area contributed by atoms with Crippen LogP contribution in [0.15, 0.2) is 78.5 Å². The summed E-state index contributed by atoms with van der Waals surface area (Å²) >= 11 is 12.2. The molecule has 1 fully saturated rings. The van der Waals surface area contributed by atoms with E-state index in [1.54, 1.807) is 35.1 Å². The molecule has 0 aromatic heterocycles. The van der Waals surface area contributed by atoms with Gasteiger partial charge in [-0.1, -0.05) is 60.1 Å². The summed E-state index contributed by atoms with van der Waals surface area (Å²) in [4.78, 5) is 16.5. The minimum atomic E-state index is -0.175. The molecular weight excluding hydrogens is 456 g/mol. The molecule has 1 heterocycles. The second kappa shape index (κ2) is 10.1. The zero-order valence-electron chi connectivity index (χ0n) is 18.3. The number of halogens is 1. The van der Waals surface area contributed by atoms with E-state index in [2.05, 4.69) is 0 Å². The average Bonchev–Trinajstić information content (AvgIpc) is 3.08. The van der Waals surface area contributed by atoms with Crippen molar-refractivity contribution in [3.8, 4) is 11.5 Å². The molecule has 1 aliphatic heterocycles. The lowest BCUT2D eigenvalue weighted by atomic mass is 10.1. The fourth-order valence-corrected chi connectivity index (χ4v) is 4.22. The highest BCUT2D eigenvalue weighted by Gasteiger charge is 2.38. The largest absolute Gasteiger partial charge is 0.493 e. The van der Waals surface area contributed by atoms with Crippen molar-refractivity contribution in [1.82, 2.24) is 4.90 Å². The Bertz CT molecular complexity index is 1200. The summed E-state index contributed by atoms with van der Waals surface area (Å²) in [7, 11) is 1.57. The standard InChI is InChI=1S/C26H23ClN2O3S/c1-3-28-25(30)22(29(26(28)33)20-12-8-5-9-13-20)14-19-15-23(31-2)24(16-21(19)27)32-17-18-10-6-4-7-11-18/h4-16H,3,17H2,1-2H3. The quantitative estimate of drug-likeness (QED) is 0.311. The molecule has 0 saturated carbocycles. The van der Waals surface area contributed by atoms with Crippen LogP contribution in [0.1, 0.15) is 18.1 Å². The summed E-state index contributed by atoms with van der Waals surface area (Å²) in [6.07, 6.45) is 1.74. The molecule has 168 valence electrons. The number of rotatable bonds is 7. The fourth-order valence-electron chi connectivity index (χ4n) is 3.59. The van der Waals surface area contributed by atoms with Crippen LogP contribution >= 0.6 is 23.8 Å². The molecule has 7 heteroatoms. The number of benzene rings is 3. The zero-order valence-corrected chi connectivity index (χ0v) is 19.9. The van der Waals surface area contributed by atoms with Gasteiger partial charge in [0.15, 0.2) is 16.6 Å². The third-order valence-corrected chi connectivity index (χ3v) is 6.00. The highest BCUT2D eigenvalue weighted by Crippen LogP contribution is 2.37. The SMILES string of the molecule is CCN1C(=O)C(=Cc2cc(OC)c(OCc3ccccc3)cc2Cl)N(c2ccccc2)C1=S. The summed E-state index contributed by atoms with van der Waals surface area (Å²) in [6, 6.07) is 22.9. The molecule has 33 heavy (non-hydrogen) atoms. The van der Waals surface area contributed by atoms with Gasteiger partial charge in [-0.15, -0.1) is 0 Å². The van der Waals surface area contributed by atoms with Gasteiger partial charge in [-0.25, -0.2) is 0 Å². The van der Waals surface area contributed by atoms with Gasteiger partial charge in [0.05, 0.1) is 12.1 Å². The number of para-hydroxylation sites is 1. The maximum absolute atomic E-state index is 13.2. The van der Waals surface area contributed by atoms with Crippen LogP contribution in [0.2, 0.25) is 5.02 Å². The Morgan fingerprint density at radius 1 is 1.00 bits per heavy atom. The second-order valence-corrected chi connectivity index (χ2v) is 8.10. The molecule has 1 amide bonds. The van der Waals surface area contributed by atoms with Crippen molar-refractivity contribution in [2.45, 2.75) is 13.5 Å². The van der Waals surface area contributed by atoms with Gasteiger partial charge in [-0.2, -0.15) is 0 Å². The third-order valence-electron chi connectivity index (χ3n) is 5.27. The third kappa shape index (κ3) is 4.72. The molecule has 1 aliphatic rings. The first-order chi connectivity index (χ1) is 16.0. The van der Waals surface area contributed by atoms with Crippen molar-refractivity contribution in [3.63, 3.8) is 0 Å². The molecule has 0 spiro atoms. The Kier molecular flexibility index (Phi) is 6.96. The van der Waals surface area contributed by atoms with Crippen LogP contribution in [-0.4, -0.2) is 29.6 Å². The van der Waals surface area contributed by atoms with Gasteiger partial charge in [0.25, 0.3) is 5.91 Å². The maximum Gasteiger partial charge on any atom is 0.277 e. The van der Waals surface area contributed by atoms with Gasteiger partial charge in [0, 0.05) is 18.3 Å². The molecule has 0 bridgehead atoms. The number of nitrogens with zero attached hydrogens (tertiary/aromatic N) is 2. The fraction of sp³-hybridized carbons (Fsp3) is 0.154. The van der Waals surface area contributed by atoms with Crippen LogP contribution in [0.3, 0.4) is 0 Å². The summed E-state index contributed by atoms with van der Waals surface area (Å²) in [5.41, 5.74) is 2.90. The number of likely N-dealkylation sites (N-methyl/N-ethyl adjacent to an activating group) is 1. The van der Waals surface area contributed by atoms with E-state index in [1.165, 1.54) is 0 Å². The van der Waals surface area contributed by atoms with Crippen LogP contribution < -0.4 is 14.4 Å². The second-order valence-electron chi connectivity index (χ2n) is 7.33. The van der Waals surface area contributed by atoms with Gasteiger partial charge in [-0.05, 0) is 54.5 Å². The van der Waals surface area contributed by atoms with Crippen LogP contribution in [0, 0.1) is 0 Å². The Morgan fingerprint density at radius 3 is 2.30 bits per heavy atom. The average molecular weight is 479 g/mol. The molecule has 1 saturated heterocycles. The molecular formula is C26H23ClN2O3S. The summed E-state index contributed by atoms with van der Waals surface area (Å²) in [5, 5.41) is 0.874. The topological polar surface area (TPSA) is 42.0 Å². The minimum Gasteiger partial charge on any atom is -0.493 e. The van der Waals surface area contributed by atoms with E-state index < -0.39 is 0 Å². The van der Waals surface area contributed by atoms with E-state index in [1.807, 2.05) is 67.6 Å². The highest BCUT2D eigenvalue weighted by atomic mass is 35.5. The number of hydrogen-bond acceptors (Lipinski definition) is 4. The van der Waals surface area contributed by atoms with Crippen molar-refractivity contribution in [1.29, 1.82) is 0 Å². The normalized spacial score (nSPS) is 14.8. The first-order valence-corrected chi connectivity index (χ1v) is 11.3. The van der Waals surface area contributed by atoms with Crippen LogP contribution in [0.4, 0.5) is 5.69 Å². The summed E-state index contributed by atoms with van der Waals surface area (Å²) in [6.45, 7) is 2.75. The molecule has 0 aliphatic carbocycles. The molecule has 0 unspecified atom stereocenters. The predicted molar refractivity (Wildman–Crippen MR) is 136 cm³/mol. The number of ether oxygens (including phenoxy) is 2. The monoisotopic (exact) mass is 478 g/mol. The summed E-state index contributed by atoms with van der Waals surface area (Å²) in [5.74, 6) is 0.872. The molecule has 0 atom stereocenters. The summed E-state index contributed by atoms with van der Waals surface area (Å²) < 4.78 is 11.5. The number of anilines is 1. The van der Waals surface area contributed by atoms with Crippen molar-refractivity contribution in [2.75, 3.05) is 18.6 Å². The van der Waals surface area contributed by atoms with Gasteiger partial charge in [0.1, 0.15) is 12.3 Å². The number of carbonyl (C=O) groups excluding carboxylic acids is 1. The van der Waals surface area contributed by atoms with E-state index in [-0.39, 0.29) is 5.91 Å². The van der Waals surface area contributed by atoms with E-state index in [0.29, 0.717) is 46.0 Å². The van der Waals surface area contributed by atoms with E-state index in [0.717, 1.165) is 11.3 Å². The number of carbonyl (C=O) groups is 1. The Balaban J connectivity index is 1.70. The van der Waals surface area contributed by atoms with Gasteiger partial charge in [-0.3, -0.25) is 14.6 Å². The Hall–Kier alpha value is -3.35. The van der Waals surface area contributed by atoms with Crippen LogP contribution in [0.5, 0.6) is 11.5 Å². The van der Waals surface area contributed by atoms with E-state index >= 15 is 0 Å². The van der Waals surface area contributed by atoms with Crippen LogP contribution in [0.25, 0.3) is 6.08 Å². The molecule has 0 N–H and O–H groups in total. The maximum atomic E-state index is 13.2. The lowest BCUT2D eigenvalue weighted by molar-refractivity contribution is -0.122. The van der Waals surface area contributed by atoms with Crippen molar-refractivity contribution < 1.29 is 14.3 Å². The lowest BCUT2D eigenvalue weighted by Gasteiger charge is -2.19. The Labute approximate surface area is 203 Å². The molecule has 3 aromatic rings. The van der Waals surface area contributed by atoms with Crippen molar-refractivity contribution >= 4 is 46.6 Å². The highest BCUT2D eigenvalue weighted by molar-refractivity contribution is 7.80. The van der Waals surface area contributed by atoms with Crippen LogP contribution in [-0.2, 0) is 11.4 Å². The first-order valence-electron chi connectivity index (χ1n) is 10.5. The van der Waals surface area contributed by atoms with Gasteiger partial charge in [0.2, 0.25) is 0 Å². The number of hydrogen-bond donors (Lipinski definition) is 0. The molecule has 0 radical (unpaired) electrons. The minimum absolute atomic E-state index is 0.175. The van der Waals surface area contributed by atoms with Gasteiger partial charge < -0.3 is 9.47 Å². The van der Waals surface area contributed by atoms with Gasteiger partial charge >= 0.3 is 0 Å². The number of methoxy groups -OCH3 is 1. The molecule has 3 aromatic carbocycles.